The molecule has 0 N–H and O–H groups in total. The summed E-state index contributed by atoms with van der Waals surface area (Å²) in [4.78, 5) is 54.2. The quantitative estimate of drug-likeness (QED) is 0.157. The van der Waals surface area contributed by atoms with E-state index in [9.17, 15) is 19.2 Å². The van der Waals surface area contributed by atoms with Crippen molar-refractivity contribution < 1.29 is 23.9 Å². The normalized spacial score (nSPS) is 13.3. The van der Waals surface area contributed by atoms with E-state index in [0.29, 0.717) is 28.3 Å². The number of para-hydroxylation sites is 1. The van der Waals surface area contributed by atoms with Crippen LogP contribution in [0.4, 0.5) is 5.69 Å². The van der Waals surface area contributed by atoms with Gasteiger partial charge in [-0.2, -0.15) is 0 Å². The molecular weight excluding hydrogens is 502 g/mol. The van der Waals surface area contributed by atoms with E-state index >= 15 is 0 Å². The zero-order chi connectivity index (χ0) is 26.8. The highest BCUT2D eigenvalue weighted by Crippen LogP contribution is 2.32. The molecule has 4 aromatic rings. The van der Waals surface area contributed by atoms with Crippen molar-refractivity contribution in [3.05, 3.63) is 135 Å². The molecule has 5 rings (SSSR count). The highest BCUT2D eigenvalue weighted by Gasteiger charge is 2.38. The second kappa shape index (κ2) is 10.4. The molecular formula is C31H22ClNO5. The Labute approximate surface area is 224 Å². The van der Waals surface area contributed by atoms with E-state index in [2.05, 4.69) is 0 Å². The fourth-order valence-electron chi connectivity index (χ4n) is 4.45. The van der Waals surface area contributed by atoms with Gasteiger partial charge in [0.15, 0.2) is 6.10 Å². The maximum Gasteiger partial charge on any atom is 0.339 e. The Hall–Kier alpha value is -4.55. The molecule has 0 radical (unpaired) electrons. The van der Waals surface area contributed by atoms with Crippen molar-refractivity contribution in [1.29, 1.82) is 0 Å². The predicted molar refractivity (Wildman–Crippen MR) is 144 cm³/mol. The summed E-state index contributed by atoms with van der Waals surface area (Å²) in [7, 11) is 0. The highest BCUT2D eigenvalue weighted by molar-refractivity contribution is 6.35. The number of ether oxygens (including phenoxy) is 1. The van der Waals surface area contributed by atoms with Crippen LogP contribution in [-0.4, -0.2) is 23.6 Å². The molecule has 0 aromatic heterocycles. The summed E-state index contributed by atoms with van der Waals surface area (Å²) in [6, 6.07) is 26.4. The largest absolute Gasteiger partial charge is 0.445 e. The molecule has 1 atom stereocenters. The lowest BCUT2D eigenvalue weighted by Crippen LogP contribution is -2.30. The van der Waals surface area contributed by atoms with Gasteiger partial charge >= 0.3 is 5.97 Å². The summed E-state index contributed by atoms with van der Waals surface area (Å²) in [6.07, 6.45) is -0.594. The molecule has 7 heteroatoms. The van der Waals surface area contributed by atoms with Gasteiger partial charge in [0.1, 0.15) is 0 Å². The molecule has 0 saturated carbocycles. The van der Waals surface area contributed by atoms with E-state index < -0.39 is 29.7 Å². The van der Waals surface area contributed by atoms with E-state index in [0.717, 1.165) is 10.5 Å². The van der Waals surface area contributed by atoms with Crippen molar-refractivity contribution in [2.75, 3.05) is 4.90 Å². The van der Waals surface area contributed by atoms with Crippen LogP contribution in [-0.2, 0) is 11.2 Å². The van der Waals surface area contributed by atoms with E-state index in [1.165, 1.54) is 18.2 Å². The average molecular weight is 524 g/mol. The van der Waals surface area contributed by atoms with Gasteiger partial charge in [-0.3, -0.25) is 14.4 Å². The first-order chi connectivity index (χ1) is 18.4. The number of carbonyl (C=O) groups excluding carboxylic acids is 4. The summed E-state index contributed by atoms with van der Waals surface area (Å²) in [5.41, 5.74) is 2.55. The number of halogens is 1. The van der Waals surface area contributed by atoms with E-state index in [4.69, 9.17) is 16.3 Å². The lowest BCUT2D eigenvalue weighted by molar-refractivity contribution is 0.0280. The second-order valence-electron chi connectivity index (χ2n) is 8.76. The van der Waals surface area contributed by atoms with Crippen molar-refractivity contribution >= 4 is 40.9 Å². The number of fused-ring (bicyclic) bond motifs is 1. The Balaban J connectivity index is 1.46. The van der Waals surface area contributed by atoms with Gasteiger partial charge in [0.2, 0.25) is 5.78 Å². The third kappa shape index (κ3) is 4.62. The molecule has 38 heavy (non-hydrogen) atoms. The van der Waals surface area contributed by atoms with E-state index in [1.54, 1.807) is 66.7 Å². The number of amides is 2. The third-order valence-electron chi connectivity index (χ3n) is 6.43. The summed E-state index contributed by atoms with van der Waals surface area (Å²) in [5.74, 6) is -2.18. The van der Waals surface area contributed by atoms with Crippen LogP contribution in [0.25, 0.3) is 0 Å². The molecule has 0 bridgehead atoms. The van der Waals surface area contributed by atoms with Crippen LogP contribution in [0.15, 0.2) is 97.1 Å². The lowest BCUT2D eigenvalue weighted by atomic mass is 9.99. The number of hydrogen-bond donors (Lipinski definition) is 0. The molecule has 1 heterocycles. The van der Waals surface area contributed by atoms with Gasteiger partial charge in [-0.15, -0.1) is 0 Å². The number of anilines is 1. The third-order valence-corrected chi connectivity index (χ3v) is 6.68. The Morgan fingerprint density at radius 3 is 2.16 bits per heavy atom. The number of aryl methyl sites for hydroxylation is 1. The number of ketones is 1. The monoisotopic (exact) mass is 523 g/mol. The zero-order valence-electron chi connectivity index (χ0n) is 20.4. The number of Topliss-reactive ketones (excluding diaryl/α,β-unsaturated/α-hetero) is 1. The van der Waals surface area contributed by atoms with Gasteiger partial charge in [0, 0.05) is 16.1 Å². The van der Waals surface area contributed by atoms with Crippen LogP contribution >= 0.6 is 11.6 Å². The lowest BCUT2D eigenvalue weighted by Gasteiger charge is -2.18. The summed E-state index contributed by atoms with van der Waals surface area (Å²) < 4.78 is 5.71. The first-order valence-corrected chi connectivity index (χ1v) is 12.4. The zero-order valence-corrected chi connectivity index (χ0v) is 21.1. The molecule has 188 valence electrons. The van der Waals surface area contributed by atoms with Crippen molar-refractivity contribution in [3.8, 4) is 0 Å². The predicted octanol–water partition coefficient (Wildman–Crippen LogP) is 6.48. The van der Waals surface area contributed by atoms with E-state index in [-0.39, 0.29) is 16.7 Å². The maximum atomic E-state index is 13.3. The van der Waals surface area contributed by atoms with Crippen molar-refractivity contribution in [2.45, 2.75) is 19.4 Å². The van der Waals surface area contributed by atoms with Crippen molar-refractivity contribution in [2.24, 2.45) is 0 Å². The molecule has 0 fully saturated rings. The second-order valence-corrected chi connectivity index (χ2v) is 9.19. The summed E-state index contributed by atoms with van der Waals surface area (Å²) >= 11 is 6.01. The van der Waals surface area contributed by atoms with E-state index in [1.807, 2.05) is 19.1 Å². The number of nitrogens with zero attached hydrogens (tertiary/aromatic N) is 1. The Morgan fingerprint density at radius 2 is 1.45 bits per heavy atom. The molecule has 1 aliphatic rings. The topological polar surface area (TPSA) is 80.8 Å². The van der Waals surface area contributed by atoms with Crippen LogP contribution in [0.1, 0.15) is 65.6 Å². The van der Waals surface area contributed by atoms with Crippen LogP contribution in [0, 0.1) is 0 Å². The van der Waals surface area contributed by atoms with Gasteiger partial charge < -0.3 is 4.74 Å². The minimum absolute atomic E-state index is 0.0513. The Morgan fingerprint density at radius 1 is 0.789 bits per heavy atom. The van der Waals surface area contributed by atoms with Gasteiger partial charge in [0.05, 0.1) is 22.4 Å². The SMILES string of the molecule is CCc1ccccc1N1C(=O)c2ccc(C(=O)O[C@@H](C(=O)c3ccccc3)c3ccc(Cl)cc3)cc2C1=O. The first kappa shape index (κ1) is 25.1. The fraction of sp³-hybridized carbons (Fsp3) is 0.0968. The van der Waals surface area contributed by atoms with Crippen LogP contribution in [0.5, 0.6) is 0 Å². The number of carbonyl (C=O) groups is 4. The molecule has 6 nitrogen and oxygen atoms in total. The number of benzene rings is 4. The van der Waals surface area contributed by atoms with Crippen LogP contribution in [0.3, 0.4) is 0 Å². The molecule has 4 aromatic carbocycles. The standard InChI is InChI=1S/C31H22ClNO5/c1-2-19-8-6-7-11-26(19)33-29(35)24-17-14-22(18-25(24)30(33)36)31(37)38-28(21-12-15-23(32)16-13-21)27(34)20-9-4-3-5-10-20/h3-18,28H,2H2,1H3/t28-/m1/s1. The van der Waals surface area contributed by atoms with Gasteiger partial charge in [-0.05, 0) is 48.4 Å². The number of hydrogen-bond acceptors (Lipinski definition) is 5. The van der Waals surface area contributed by atoms with Gasteiger partial charge in [-0.25, -0.2) is 9.69 Å². The van der Waals surface area contributed by atoms with Crippen molar-refractivity contribution in [1.82, 2.24) is 0 Å². The summed E-state index contributed by atoms with van der Waals surface area (Å²) in [5, 5.41) is 0.474. The smallest absolute Gasteiger partial charge is 0.339 e. The van der Waals surface area contributed by atoms with Gasteiger partial charge in [0.25, 0.3) is 11.8 Å². The maximum absolute atomic E-state index is 13.3. The average Bonchev–Trinajstić information content (AvgIpc) is 3.20. The number of rotatable bonds is 7. The Kier molecular flexibility index (Phi) is 6.90. The molecule has 0 spiro atoms. The molecule has 1 aliphatic heterocycles. The molecule has 0 saturated heterocycles. The fourth-order valence-corrected chi connectivity index (χ4v) is 4.58. The summed E-state index contributed by atoms with van der Waals surface area (Å²) in [6.45, 7) is 1.94. The van der Waals surface area contributed by atoms with Crippen LogP contribution in [0.2, 0.25) is 5.02 Å². The molecule has 0 unspecified atom stereocenters. The minimum atomic E-state index is -1.24. The van der Waals surface area contributed by atoms with Crippen LogP contribution < -0.4 is 4.90 Å². The molecule has 2 amide bonds. The minimum Gasteiger partial charge on any atom is -0.445 e. The number of esters is 1. The molecule has 0 aliphatic carbocycles. The van der Waals surface area contributed by atoms with Crippen molar-refractivity contribution in [3.63, 3.8) is 0 Å². The Bertz CT molecular complexity index is 1560. The number of imide groups is 1. The highest BCUT2D eigenvalue weighted by atomic mass is 35.5. The first-order valence-electron chi connectivity index (χ1n) is 12.1. The van der Waals surface area contributed by atoms with Gasteiger partial charge in [-0.1, -0.05) is 79.2 Å².